The summed E-state index contributed by atoms with van der Waals surface area (Å²) in [5.74, 6) is 0.305. The third-order valence-electron chi connectivity index (χ3n) is 4.06. The number of benzene rings is 2. The number of sulfonamides is 1. The Morgan fingerprint density at radius 3 is 2.42 bits per heavy atom. The lowest BCUT2D eigenvalue weighted by Crippen LogP contribution is -2.30. The molecule has 0 saturated heterocycles. The smallest absolute Gasteiger partial charge is 0.258 e. The van der Waals surface area contributed by atoms with Crippen molar-refractivity contribution in [2.24, 2.45) is 0 Å². The highest BCUT2D eigenvalue weighted by atomic mass is 32.2. The van der Waals surface area contributed by atoms with Gasteiger partial charge in [0.1, 0.15) is 5.75 Å². The maximum absolute atomic E-state index is 12.4. The fourth-order valence-electron chi connectivity index (χ4n) is 2.30. The number of nitrogens with zero attached hydrogens (tertiary/aromatic N) is 1. The Morgan fingerprint density at radius 1 is 1.08 bits per heavy atom. The topological polar surface area (TPSA) is 75.7 Å². The monoisotopic (exact) mass is 376 g/mol. The molecule has 26 heavy (non-hydrogen) atoms. The Labute approximate surface area is 154 Å². The standard InChI is InChI=1S/C19H24N2O4S/c1-14-9-10-17(11-15(14)2)25-13-19(22)20-12-16-7-5-6-8-18(16)26(23,24)21(3)4/h5-11H,12-13H2,1-4H3,(H,20,22). The molecule has 140 valence electrons. The summed E-state index contributed by atoms with van der Waals surface area (Å²) >= 11 is 0. The number of amides is 1. The van der Waals surface area contributed by atoms with Gasteiger partial charge in [-0.05, 0) is 48.7 Å². The molecule has 0 aliphatic carbocycles. The third-order valence-corrected chi connectivity index (χ3v) is 5.97. The highest BCUT2D eigenvalue weighted by Crippen LogP contribution is 2.18. The van der Waals surface area contributed by atoms with Gasteiger partial charge in [0.15, 0.2) is 6.61 Å². The van der Waals surface area contributed by atoms with Crippen molar-refractivity contribution in [2.75, 3.05) is 20.7 Å². The van der Waals surface area contributed by atoms with E-state index in [4.69, 9.17) is 4.74 Å². The Hall–Kier alpha value is -2.38. The number of carbonyl (C=O) groups is 1. The Bertz CT molecular complexity index is 892. The lowest BCUT2D eigenvalue weighted by molar-refractivity contribution is -0.123. The van der Waals surface area contributed by atoms with E-state index >= 15 is 0 Å². The van der Waals surface area contributed by atoms with Crippen LogP contribution in [0.1, 0.15) is 16.7 Å². The van der Waals surface area contributed by atoms with E-state index in [2.05, 4.69) is 5.32 Å². The van der Waals surface area contributed by atoms with Crippen molar-refractivity contribution in [3.63, 3.8) is 0 Å². The van der Waals surface area contributed by atoms with Crippen LogP contribution in [0.4, 0.5) is 0 Å². The van der Waals surface area contributed by atoms with Crippen LogP contribution >= 0.6 is 0 Å². The van der Waals surface area contributed by atoms with E-state index in [0.717, 1.165) is 15.4 Å². The van der Waals surface area contributed by atoms with Crippen LogP contribution in [-0.2, 0) is 21.4 Å². The minimum absolute atomic E-state index is 0.109. The van der Waals surface area contributed by atoms with Gasteiger partial charge in [-0.15, -0.1) is 0 Å². The van der Waals surface area contributed by atoms with Crippen LogP contribution < -0.4 is 10.1 Å². The lowest BCUT2D eigenvalue weighted by Gasteiger charge is -2.15. The first-order valence-corrected chi connectivity index (χ1v) is 9.63. The van der Waals surface area contributed by atoms with Crippen LogP contribution in [0.15, 0.2) is 47.4 Å². The van der Waals surface area contributed by atoms with E-state index in [9.17, 15) is 13.2 Å². The number of ether oxygens (including phenoxy) is 1. The molecule has 0 atom stereocenters. The molecule has 0 saturated carbocycles. The average molecular weight is 376 g/mol. The minimum atomic E-state index is -3.57. The zero-order valence-electron chi connectivity index (χ0n) is 15.4. The lowest BCUT2D eigenvalue weighted by atomic mass is 10.1. The first-order valence-electron chi connectivity index (χ1n) is 8.19. The summed E-state index contributed by atoms with van der Waals surface area (Å²) in [4.78, 5) is 12.2. The van der Waals surface area contributed by atoms with Gasteiger partial charge in [0.25, 0.3) is 5.91 Å². The van der Waals surface area contributed by atoms with Crippen molar-refractivity contribution in [3.8, 4) is 5.75 Å². The highest BCUT2D eigenvalue weighted by molar-refractivity contribution is 7.89. The second-order valence-electron chi connectivity index (χ2n) is 6.21. The van der Waals surface area contributed by atoms with E-state index in [1.54, 1.807) is 18.2 Å². The van der Waals surface area contributed by atoms with Crippen LogP contribution in [0.25, 0.3) is 0 Å². The third kappa shape index (κ3) is 4.83. The van der Waals surface area contributed by atoms with Crippen molar-refractivity contribution in [2.45, 2.75) is 25.3 Å². The summed E-state index contributed by atoms with van der Waals surface area (Å²) in [5, 5.41) is 2.70. The van der Waals surface area contributed by atoms with E-state index in [0.29, 0.717) is 11.3 Å². The SMILES string of the molecule is Cc1ccc(OCC(=O)NCc2ccccc2S(=O)(=O)N(C)C)cc1C. The fourth-order valence-corrected chi connectivity index (χ4v) is 3.41. The van der Waals surface area contributed by atoms with Crippen LogP contribution in [-0.4, -0.2) is 39.3 Å². The van der Waals surface area contributed by atoms with Gasteiger partial charge in [-0.3, -0.25) is 4.79 Å². The average Bonchev–Trinajstić information content (AvgIpc) is 2.61. The molecule has 2 rings (SSSR count). The first-order chi connectivity index (χ1) is 12.2. The Kier molecular flexibility index (Phi) is 6.39. The molecule has 0 aromatic heterocycles. The van der Waals surface area contributed by atoms with Crippen molar-refractivity contribution in [1.29, 1.82) is 0 Å². The van der Waals surface area contributed by atoms with Crippen LogP contribution in [0, 0.1) is 13.8 Å². The molecular weight excluding hydrogens is 352 g/mol. The largest absolute Gasteiger partial charge is 0.484 e. The molecule has 0 bridgehead atoms. The molecule has 0 fully saturated rings. The molecule has 2 aromatic carbocycles. The molecule has 0 unspecified atom stereocenters. The molecule has 0 aliphatic rings. The van der Waals surface area contributed by atoms with E-state index in [1.807, 2.05) is 32.0 Å². The van der Waals surface area contributed by atoms with Crippen molar-refractivity contribution < 1.29 is 17.9 Å². The molecular formula is C19H24N2O4S. The number of nitrogens with one attached hydrogen (secondary N) is 1. The fraction of sp³-hybridized carbons (Fsp3) is 0.316. The summed E-state index contributed by atoms with van der Waals surface area (Å²) in [7, 11) is -0.620. The summed E-state index contributed by atoms with van der Waals surface area (Å²) < 4.78 is 31.4. The van der Waals surface area contributed by atoms with Gasteiger partial charge in [-0.1, -0.05) is 24.3 Å². The minimum Gasteiger partial charge on any atom is -0.484 e. The maximum Gasteiger partial charge on any atom is 0.258 e. The quantitative estimate of drug-likeness (QED) is 0.804. The highest BCUT2D eigenvalue weighted by Gasteiger charge is 2.20. The van der Waals surface area contributed by atoms with E-state index in [-0.39, 0.29) is 24.0 Å². The van der Waals surface area contributed by atoms with E-state index in [1.165, 1.54) is 20.2 Å². The zero-order valence-corrected chi connectivity index (χ0v) is 16.3. The molecule has 1 N–H and O–H groups in total. The molecule has 0 heterocycles. The number of aryl methyl sites for hydroxylation is 2. The van der Waals surface area contributed by atoms with Crippen LogP contribution in [0.3, 0.4) is 0 Å². The number of hydrogen-bond donors (Lipinski definition) is 1. The van der Waals surface area contributed by atoms with Crippen molar-refractivity contribution in [1.82, 2.24) is 9.62 Å². The molecule has 2 aromatic rings. The zero-order chi connectivity index (χ0) is 19.3. The predicted molar refractivity (Wildman–Crippen MR) is 101 cm³/mol. The summed E-state index contributed by atoms with van der Waals surface area (Å²) in [5.41, 5.74) is 2.77. The number of hydrogen-bond acceptors (Lipinski definition) is 4. The predicted octanol–water partition coefficient (Wildman–Crippen LogP) is 2.25. The van der Waals surface area contributed by atoms with Crippen LogP contribution in [0.2, 0.25) is 0 Å². The van der Waals surface area contributed by atoms with Gasteiger partial charge in [-0.2, -0.15) is 0 Å². The second kappa shape index (κ2) is 8.33. The summed E-state index contributed by atoms with van der Waals surface area (Å²) in [6.45, 7) is 3.96. The molecule has 6 nitrogen and oxygen atoms in total. The Morgan fingerprint density at radius 2 is 1.77 bits per heavy atom. The van der Waals surface area contributed by atoms with Crippen molar-refractivity contribution in [3.05, 3.63) is 59.2 Å². The van der Waals surface area contributed by atoms with Gasteiger partial charge < -0.3 is 10.1 Å². The molecule has 7 heteroatoms. The molecule has 0 spiro atoms. The van der Waals surface area contributed by atoms with Gasteiger partial charge in [0.05, 0.1) is 4.90 Å². The molecule has 1 amide bonds. The molecule has 0 aliphatic heterocycles. The Balaban J connectivity index is 1.99. The van der Waals surface area contributed by atoms with Gasteiger partial charge >= 0.3 is 0 Å². The van der Waals surface area contributed by atoms with Crippen LogP contribution in [0.5, 0.6) is 5.75 Å². The van der Waals surface area contributed by atoms with E-state index < -0.39 is 10.0 Å². The van der Waals surface area contributed by atoms with Gasteiger partial charge in [0, 0.05) is 20.6 Å². The van der Waals surface area contributed by atoms with Gasteiger partial charge in [-0.25, -0.2) is 12.7 Å². The van der Waals surface area contributed by atoms with Crippen molar-refractivity contribution >= 4 is 15.9 Å². The normalized spacial score (nSPS) is 11.4. The summed E-state index contributed by atoms with van der Waals surface area (Å²) in [6, 6.07) is 12.2. The van der Waals surface area contributed by atoms with Gasteiger partial charge in [0.2, 0.25) is 10.0 Å². The number of rotatable bonds is 7. The first kappa shape index (κ1) is 19.9. The molecule has 0 radical (unpaired) electrons. The number of carbonyl (C=O) groups excluding carboxylic acids is 1. The summed E-state index contributed by atoms with van der Waals surface area (Å²) in [6.07, 6.45) is 0. The maximum atomic E-state index is 12.4. The second-order valence-corrected chi connectivity index (χ2v) is 8.33.